The molecule has 0 radical (unpaired) electrons. The van der Waals surface area contributed by atoms with Crippen LogP contribution in [-0.2, 0) is 11.3 Å². The van der Waals surface area contributed by atoms with Crippen LogP contribution in [0.3, 0.4) is 0 Å². The van der Waals surface area contributed by atoms with Crippen LogP contribution in [0.25, 0.3) is 0 Å². The zero-order chi connectivity index (χ0) is 7.56. The van der Waals surface area contributed by atoms with Gasteiger partial charge in [-0.25, -0.2) is 8.93 Å². The second-order valence-electron chi connectivity index (χ2n) is 1.48. The Morgan fingerprint density at radius 3 is 2.80 bits per heavy atom. The van der Waals surface area contributed by atoms with Gasteiger partial charge in [0.05, 0.1) is 0 Å². The van der Waals surface area contributed by atoms with Crippen LogP contribution in [0.2, 0.25) is 0 Å². The van der Waals surface area contributed by atoms with Crippen molar-refractivity contribution in [1.82, 2.24) is 10.2 Å². The lowest BCUT2D eigenvalue weighted by Crippen LogP contribution is -2.01. The van der Waals surface area contributed by atoms with Crippen molar-refractivity contribution in [2.24, 2.45) is 0 Å². The minimum atomic E-state index is -2.15. The van der Waals surface area contributed by atoms with E-state index in [4.69, 9.17) is 8.97 Å². The summed E-state index contributed by atoms with van der Waals surface area (Å²) in [5, 5.41) is 6.82. The van der Waals surface area contributed by atoms with Crippen LogP contribution in [0.15, 0.2) is 4.42 Å². The third kappa shape index (κ3) is 1.78. The molecule has 1 unspecified atom stereocenters. The molecule has 0 aliphatic heterocycles. The number of aromatic nitrogens is 2. The highest BCUT2D eigenvalue weighted by molar-refractivity contribution is 7.80. The Balaban J connectivity index is 2.67. The van der Waals surface area contributed by atoms with Crippen molar-refractivity contribution in [3.63, 3.8) is 0 Å². The average molecular weight is 163 g/mol. The van der Waals surface area contributed by atoms with Gasteiger partial charge in [-0.05, 0) is 0 Å². The molecule has 10 heavy (non-hydrogen) atoms. The van der Waals surface area contributed by atoms with Gasteiger partial charge >= 0.3 is 6.01 Å². The summed E-state index contributed by atoms with van der Waals surface area (Å²) < 4.78 is 25.0. The van der Waals surface area contributed by atoms with E-state index in [1.54, 1.807) is 6.92 Å². The smallest absolute Gasteiger partial charge is 0.329 e. The molecule has 7 heteroatoms. The van der Waals surface area contributed by atoms with E-state index in [0.29, 0.717) is 5.89 Å². The minimum Gasteiger partial charge on any atom is -0.408 e. The predicted octanol–water partition coefficient (Wildman–Crippen LogP) is -0.0734. The lowest BCUT2D eigenvalue weighted by Gasteiger charge is -1.88. The van der Waals surface area contributed by atoms with Crippen LogP contribution in [0, 0.1) is 6.92 Å². The molecule has 1 atom stereocenters. The minimum absolute atomic E-state index is 0.0571. The van der Waals surface area contributed by atoms with Crippen LogP contribution in [-0.4, -0.2) is 19.0 Å². The quantitative estimate of drug-likeness (QED) is 0.595. The van der Waals surface area contributed by atoms with Gasteiger partial charge in [-0.2, -0.15) is 0 Å². The Bertz CT molecular complexity index is 247. The lowest BCUT2D eigenvalue weighted by molar-refractivity contribution is 0.530. The Hall–Kier alpha value is -0.950. The summed E-state index contributed by atoms with van der Waals surface area (Å²) in [6.07, 6.45) is 0. The lowest BCUT2D eigenvalue weighted by atomic mass is 10.8. The number of nitrogens with zero attached hydrogens (tertiary/aromatic N) is 2. The van der Waals surface area contributed by atoms with Gasteiger partial charge in [0.1, 0.15) is 0 Å². The van der Waals surface area contributed by atoms with E-state index in [0.717, 1.165) is 0 Å². The van der Waals surface area contributed by atoms with Crippen molar-refractivity contribution < 1.29 is 13.2 Å². The van der Waals surface area contributed by atoms with Crippen LogP contribution in [0.5, 0.6) is 0 Å². The van der Waals surface area contributed by atoms with E-state index in [2.05, 4.69) is 10.2 Å². The molecule has 0 bridgehead atoms. The molecule has 0 amide bonds. The highest BCUT2D eigenvalue weighted by atomic mass is 32.2. The van der Waals surface area contributed by atoms with Crippen molar-refractivity contribution in [2.45, 2.75) is 6.92 Å². The normalized spacial score (nSPS) is 13.0. The molecular formula is C3H5N3O3S. The van der Waals surface area contributed by atoms with Crippen LogP contribution in [0.4, 0.5) is 6.01 Å². The predicted molar refractivity (Wildman–Crippen MR) is 33.4 cm³/mol. The van der Waals surface area contributed by atoms with E-state index >= 15 is 0 Å². The summed E-state index contributed by atoms with van der Waals surface area (Å²) in [7, 11) is 0. The van der Waals surface area contributed by atoms with Gasteiger partial charge in [0.15, 0.2) is 0 Å². The van der Waals surface area contributed by atoms with Gasteiger partial charge in [0, 0.05) is 6.92 Å². The van der Waals surface area contributed by atoms with Gasteiger partial charge in [0.25, 0.3) is 11.3 Å². The number of hydrogen-bond acceptors (Lipinski definition) is 4. The molecule has 0 aliphatic carbocycles. The summed E-state index contributed by atoms with van der Waals surface area (Å²) in [6, 6.07) is -0.0571. The SMILES string of the molecule is Cc1nnc(NS(=O)O)o1. The van der Waals surface area contributed by atoms with Crippen molar-refractivity contribution in [3.8, 4) is 0 Å². The molecule has 0 aromatic carbocycles. The maximum atomic E-state index is 10.1. The summed E-state index contributed by atoms with van der Waals surface area (Å²) in [5.41, 5.74) is 0. The van der Waals surface area contributed by atoms with Crippen molar-refractivity contribution in [2.75, 3.05) is 4.72 Å². The highest BCUT2D eigenvalue weighted by Gasteiger charge is 2.01. The standard InChI is InChI=1S/C3H5N3O3S/c1-2-4-5-3(9-2)6-10(7)8/h1H3,(H,5,6)(H,7,8). The van der Waals surface area contributed by atoms with E-state index < -0.39 is 11.3 Å². The van der Waals surface area contributed by atoms with Crippen LogP contribution >= 0.6 is 0 Å². The van der Waals surface area contributed by atoms with Gasteiger partial charge in [-0.3, -0.25) is 4.55 Å². The fourth-order valence-electron chi connectivity index (χ4n) is 0.412. The van der Waals surface area contributed by atoms with E-state index in [9.17, 15) is 4.21 Å². The number of hydrogen-bond donors (Lipinski definition) is 2. The van der Waals surface area contributed by atoms with Crippen LogP contribution in [0.1, 0.15) is 5.89 Å². The second-order valence-corrected chi connectivity index (χ2v) is 2.18. The Labute approximate surface area is 59.1 Å². The fraction of sp³-hybridized carbons (Fsp3) is 0.333. The van der Waals surface area contributed by atoms with Crippen molar-refractivity contribution in [3.05, 3.63) is 5.89 Å². The Kier molecular flexibility index (Phi) is 1.97. The number of anilines is 1. The average Bonchev–Trinajstić information content (AvgIpc) is 2.13. The Morgan fingerprint density at radius 2 is 2.40 bits per heavy atom. The first-order valence-corrected chi connectivity index (χ1v) is 3.47. The largest absolute Gasteiger partial charge is 0.408 e. The summed E-state index contributed by atoms with van der Waals surface area (Å²) in [6.45, 7) is 1.58. The molecule has 0 spiro atoms. The summed E-state index contributed by atoms with van der Waals surface area (Å²) in [5.74, 6) is 0.341. The van der Waals surface area contributed by atoms with E-state index in [-0.39, 0.29) is 6.01 Å². The number of nitrogens with one attached hydrogen (secondary N) is 1. The molecule has 1 aromatic rings. The molecule has 6 nitrogen and oxygen atoms in total. The monoisotopic (exact) mass is 163 g/mol. The zero-order valence-electron chi connectivity index (χ0n) is 5.07. The van der Waals surface area contributed by atoms with Gasteiger partial charge < -0.3 is 4.42 Å². The first-order chi connectivity index (χ1) is 4.68. The van der Waals surface area contributed by atoms with E-state index in [1.165, 1.54) is 0 Å². The molecule has 0 saturated heterocycles. The molecule has 0 fully saturated rings. The molecule has 1 aromatic heterocycles. The van der Waals surface area contributed by atoms with Crippen molar-refractivity contribution in [1.29, 1.82) is 0 Å². The maximum absolute atomic E-state index is 10.1. The van der Waals surface area contributed by atoms with Gasteiger partial charge in [-0.15, -0.1) is 5.10 Å². The van der Waals surface area contributed by atoms with Crippen molar-refractivity contribution >= 4 is 17.3 Å². The van der Waals surface area contributed by atoms with E-state index in [1.807, 2.05) is 4.72 Å². The topological polar surface area (TPSA) is 88.2 Å². The first kappa shape index (κ1) is 7.16. The molecule has 56 valence electrons. The molecular weight excluding hydrogens is 158 g/mol. The third-order valence-electron chi connectivity index (χ3n) is 0.701. The summed E-state index contributed by atoms with van der Waals surface area (Å²) >= 11 is -2.15. The molecule has 0 saturated carbocycles. The first-order valence-electron chi connectivity index (χ1n) is 2.36. The number of aryl methyl sites for hydroxylation is 1. The second kappa shape index (κ2) is 2.76. The summed E-state index contributed by atoms with van der Waals surface area (Å²) in [4.78, 5) is 0. The third-order valence-corrected chi connectivity index (χ3v) is 1.05. The maximum Gasteiger partial charge on any atom is 0.329 e. The van der Waals surface area contributed by atoms with Gasteiger partial charge in [0.2, 0.25) is 5.89 Å². The fourth-order valence-corrected chi connectivity index (χ4v) is 0.644. The van der Waals surface area contributed by atoms with Crippen LogP contribution < -0.4 is 4.72 Å². The Morgan fingerprint density at radius 1 is 1.70 bits per heavy atom. The zero-order valence-corrected chi connectivity index (χ0v) is 5.88. The highest BCUT2D eigenvalue weighted by Crippen LogP contribution is 2.02. The molecule has 1 rings (SSSR count). The molecule has 0 aliphatic rings. The number of rotatable bonds is 2. The van der Waals surface area contributed by atoms with Gasteiger partial charge in [-0.1, -0.05) is 5.10 Å². The molecule has 2 N–H and O–H groups in total. The molecule has 1 heterocycles.